The van der Waals surface area contributed by atoms with E-state index in [1.165, 1.54) is 54.3 Å². The van der Waals surface area contributed by atoms with Crippen molar-refractivity contribution >= 4 is 20.9 Å². The van der Waals surface area contributed by atoms with Crippen molar-refractivity contribution in [3.8, 4) is 0 Å². The van der Waals surface area contributed by atoms with Gasteiger partial charge in [-0.2, -0.15) is 0 Å². The molecule has 0 aromatic heterocycles. The van der Waals surface area contributed by atoms with Crippen LogP contribution in [0.3, 0.4) is 0 Å². The summed E-state index contributed by atoms with van der Waals surface area (Å²) in [4.78, 5) is 0. The fourth-order valence-corrected chi connectivity index (χ4v) is 12.7. The van der Waals surface area contributed by atoms with Gasteiger partial charge in [-0.05, 0) is 0 Å². The zero-order valence-electron chi connectivity index (χ0n) is 16.7. The van der Waals surface area contributed by atoms with Gasteiger partial charge in [-0.3, -0.25) is 0 Å². The summed E-state index contributed by atoms with van der Waals surface area (Å²) in [5.41, 5.74) is -0.599. The van der Waals surface area contributed by atoms with Crippen LogP contribution in [-0.4, -0.2) is 32.1 Å². The summed E-state index contributed by atoms with van der Waals surface area (Å²) in [7, 11) is -0.453. The summed E-state index contributed by atoms with van der Waals surface area (Å²) in [6, 6.07) is 0. The third kappa shape index (κ3) is 6.05. The van der Waals surface area contributed by atoms with E-state index in [9.17, 15) is 0 Å². The van der Waals surface area contributed by atoms with E-state index in [4.69, 9.17) is 13.0 Å². The first-order chi connectivity index (χ1) is 10.7. The molecule has 0 radical (unpaired) electrons. The van der Waals surface area contributed by atoms with Crippen LogP contribution in [-0.2, 0) is 13.0 Å². The molecule has 0 aliphatic carbocycles. The summed E-state index contributed by atoms with van der Waals surface area (Å²) in [6.07, 6.45) is 7.60. The van der Waals surface area contributed by atoms with Gasteiger partial charge in [-0.1, -0.05) is 0 Å². The molecule has 1 aliphatic rings. The number of hydrogen-bond acceptors (Lipinski definition) is 3. The van der Waals surface area contributed by atoms with Crippen molar-refractivity contribution < 1.29 is 13.0 Å². The van der Waals surface area contributed by atoms with Crippen LogP contribution in [0.1, 0.15) is 87.0 Å². The van der Waals surface area contributed by atoms with E-state index in [-0.39, 0.29) is 11.2 Å². The monoisotopic (exact) mass is 388 g/mol. The van der Waals surface area contributed by atoms with Crippen molar-refractivity contribution in [1.82, 2.24) is 0 Å². The second kappa shape index (κ2) is 9.26. The van der Waals surface area contributed by atoms with Gasteiger partial charge in [0.2, 0.25) is 0 Å². The summed E-state index contributed by atoms with van der Waals surface area (Å²) < 4.78 is 19.0. The van der Waals surface area contributed by atoms with Crippen molar-refractivity contribution in [2.75, 3.05) is 0 Å². The van der Waals surface area contributed by atoms with Crippen LogP contribution in [0.15, 0.2) is 0 Å². The predicted octanol–water partition coefficient (Wildman–Crippen LogP) is 5.94. The summed E-state index contributed by atoms with van der Waals surface area (Å²) in [5, 5.41) is 3.88. The minimum atomic E-state index is -2.40. The fourth-order valence-electron chi connectivity index (χ4n) is 3.09. The van der Waals surface area contributed by atoms with Crippen LogP contribution in [0.2, 0.25) is 15.8 Å². The second-order valence-corrected chi connectivity index (χ2v) is 16.8. The molecule has 0 N–H and O–H groups in total. The zero-order valence-corrected chi connectivity index (χ0v) is 18.8. The molecule has 0 aromatic rings. The topological polar surface area (TPSA) is 27.7 Å². The van der Waals surface area contributed by atoms with Crippen molar-refractivity contribution in [3.63, 3.8) is 0 Å². The first-order valence-electron chi connectivity index (χ1n) is 9.75. The average molecular weight is 387 g/mol. The molecular weight excluding hydrogens is 348 g/mol. The molecule has 0 saturated carbocycles. The summed E-state index contributed by atoms with van der Waals surface area (Å²) in [6.45, 7) is 15.3. The van der Waals surface area contributed by atoms with Crippen molar-refractivity contribution in [3.05, 3.63) is 0 Å². The van der Waals surface area contributed by atoms with Gasteiger partial charge in [0.25, 0.3) is 0 Å². The van der Waals surface area contributed by atoms with Gasteiger partial charge < -0.3 is 0 Å². The molecule has 0 aromatic carbocycles. The van der Waals surface area contributed by atoms with Gasteiger partial charge >= 0.3 is 148 Å². The molecule has 3 nitrogen and oxygen atoms in total. The van der Waals surface area contributed by atoms with Crippen molar-refractivity contribution in [1.29, 1.82) is 0 Å². The Labute approximate surface area is 148 Å². The van der Waals surface area contributed by atoms with Crippen LogP contribution in [0.4, 0.5) is 0 Å². The Hall–Kier alpha value is 0.488. The Morgan fingerprint density at radius 1 is 0.739 bits per heavy atom. The van der Waals surface area contributed by atoms with Crippen LogP contribution in [0.25, 0.3) is 0 Å². The van der Waals surface area contributed by atoms with Gasteiger partial charge in [-0.15, -0.1) is 0 Å². The second-order valence-electron chi connectivity index (χ2n) is 8.16. The molecule has 0 bridgehead atoms. The molecule has 136 valence electrons. The van der Waals surface area contributed by atoms with Gasteiger partial charge in [0, 0.05) is 0 Å². The summed E-state index contributed by atoms with van der Waals surface area (Å²) in [5.74, 6) is 0. The Morgan fingerprint density at radius 2 is 1.09 bits per heavy atom. The predicted molar refractivity (Wildman–Crippen MR) is 102 cm³/mol. The number of hydrogen-bond donors (Lipinski definition) is 0. The molecule has 5 heteroatoms. The van der Waals surface area contributed by atoms with Gasteiger partial charge in [0.05, 0.1) is 0 Å². The van der Waals surface area contributed by atoms with E-state index in [0.29, 0.717) is 0 Å². The molecule has 1 saturated heterocycles. The van der Waals surface area contributed by atoms with Crippen molar-refractivity contribution in [2.24, 2.45) is 0 Å². The first kappa shape index (κ1) is 21.5. The van der Waals surface area contributed by atoms with Crippen LogP contribution < -0.4 is 0 Å². The van der Waals surface area contributed by atoms with Crippen LogP contribution in [0.5, 0.6) is 0 Å². The molecule has 0 spiro atoms. The van der Waals surface area contributed by atoms with E-state index in [0.717, 1.165) is 0 Å². The number of rotatable bonds is 11. The molecular formula is C18H39BGeO3. The van der Waals surface area contributed by atoms with E-state index in [2.05, 4.69) is 48.5 Å². The standard InChI is InChI=1S/C18H39BGeO3/c1-8-11-14-20(15-12-9-2,16-13-10-3)23-19-21-17(4,5)18(6,7)22-19/h8-16H2,1-7H3. The average Bonchev–Trinajstić information content (AvgIpc) is 2.67. The fraction of sp³-hybridized carbons (Fsp3) is 1.00. The normalized spacial score (nSPS) is 20.2. The van der Waals surface area contributed by atoms with E-state index in [1.54, 1.807) is 0 Å². The van der Waals surface area contributed by atoms with Gasteiger partial charge in [-0.25, -0.2) is 0 Å². The molecule has 1 aliphatic heterocycles. The quantitative estimate of drug-likeness (QED) is 0.411. The van der Waals surface area contributed by atoms with Gasteiger partial charge in [0.1, 0.15) is 0 Å². The summed E-state index contributed by atoms with van der Waals surface area (Å²) >= 11 is -2.40. The zero-order chi connectivity index (χ0) is 17.6. The Balaban J connectivity index is 2.85. The molecule has 1 fully saturated rings. The molecule has 23 heavy (non-hydrogen) atoms. The maximum absolute atomic E-state index is 6.72. The van der Waals surface area contributed by atoms with Crippen molar-refractivity contribution in [2.45, 2.75) is 114 Å². The molecule has 1 rings (SSSR count). The van der Waals surface area contributed by atoms with Crippen LogP contribution >= 0.6 is 0 Å². The van der Waals surface area contributed by atoms with E-state index < -0.39 is 20.9 Å². The molecule has 0 atom stereocenters. The Morgan fingerprint density at radius 3 is 1.39 bits per heavy atom. The molecule has 1 heterocycles. The number of unbranched alkanes of at least 4 members (excludes halogenated alkanes) is 3. The molecule has 0 unspecified atom stereocenters. The Bertz CT molecular complexity index is 309. The van der Waals surface area contributed by atoms with E-state index >= 15 is 0 Å². The SMILES string of the molecule is CCC[CH2][Ge]([CH2]CCC)([CH2]CCC)[O]B1OC(C)(C)C(C)(C)O1. The minimum absolute atomic E-state index is 0.300. The van der Waals surface area contributed by atoms with E-state index in [1.807, 2.05) is 0 Å². The van der Waals surface area contributed by atoms with Gasteiger partial charge in [0.15, 0.2) is 0 Å². The first-order valence-corrected chi connectivity index (χ1v) is 15.1. The third-order valence-electron chi connectivity index (χ3n) is 5.54. The third-order valence-corrected chi connectivity index (χ3v) is 14.9. The molecule has 0 amide bonds. The Kier molecular flexibility index (Phi) is 8.67. The maximum atomic E-state index is 6.72. The van der Waals surface area contributed by atoms with Crippen LogP contribution in [0, 0.1) is 0 Å².